The number of alkyl halides is 2. The molecule has 0 bridgehead atoms. The van der Waals surface area contributed by atoms with Gasteiger partial charge in [0.25, 0.3) is 5.92 Å². The highest BCUT2D eigenvalue weighted by atomic mass is 19.3. The molecule has 0 spiro atoms. The molecule has 11 heteroatoms. The summed E-state index contributed by atoms with van der Waals surface area (Å²) in [5, 5.41) is 12.5. The van der Waals surface area contributed by atoms with E-state index in [0.717, 1.165) is 16.7 Å². The Morgan fingerprint density at radius 1 is 1.13 bits per heavy atom. The number of halogens is 2. The van der Waals surface area contributed by atoms with Crippen LogP contribution >= 0.6 is 0 Å². The molecular formula is C27H26F2N6O3. The van der Waals surface area contributed by atoms with Gasteiger partial charge in [0.15, 0.2) is 5.82 Å². The van der Waals surface area contributed by atoms with Gasteiger partial charge < -0.3 is 20.9 Å². The van der Waals surface area contributed by atoms with Gasteiger partial charge in [-0.2, -0.15) is 4.98 Å². The van der Waals surface area contributed by atoms with E-state index in [-0.39, 0.29) is 18.7 Å². The van der Waals surface area contributed by atoms with Crippen molar-refractivity contribution in [3.05, 3.63) is 72.4 Å². The third kappa shape index (κ3) is 5.04. The van der Waals surface area contributed by atoms with Crippen LogP contribution < -0.4 is 15.8 Å². The first-order valence-corrected chi connectivity index (χ1v) is 12.1. The molecule has 4 N–H and O–H groups in total. The Balaban J connectivity index is 1.28. The number of nitrogens with one attached hydrogen (secondary N) is 1. The van der Waals surface area contributed by atoms with E-state index in [4.69, 9.17) is 10.5 Å². The second-order valence-corrected chi connectivity index (χ2v) is 9.42. The van der Waals surface area contributed by atoms with Gasteiger partial charge in [0.05, 0.1) is 29.1 Å². The number of aliphatic imine (C=N–C) groups is 1. The van der Waals surface area contributed by atoms with Crippen molar-refractivity contribution < 1.29 is 23.4 Å². The second-order valence-electron chi connectivity index (χ2n) is 9.42. The van der Waals surface area contributed by atoms with Gasteiger partial charge in [0.1, 0.15) is 11.9 Å². The van der Waals surface area contributed by atoms with Crippen LogP contribution in [0.4, 0.5) is 14.6 Å². The summed E-state index contributed by atoms with van der Waals surface area (Å²) in [7, 11) is 1.58. The number of nitrogens with two attached hydrogens (primary N) is 1. The number of hydrogen-bond acceptors (Lipinski definition) is 7. The Labute approximate surface area is 217 Å². The Morgan fingerprint density at radius 2 is 1.84 bits per heavy atom. The van der Waals surface area contributed by atoms with Crippen LogP contribution in [0.1, 0.15) is 36.9 Å². The van der Waals surface area contributed by atoms with Crippen molar-refractivity contribution in [1.82, 2.24) is 15.0 Å². The number of hydrogen-bond donors (Lipinski definition) is 3. The van der Waals surface area contributed by atoms with Crippen LogP contribution in [0.25, 0.3) is 16.7 Å². The number of carboxylic acids is 1. The second kappa shape index (κ2) is 9.81. The third-order valence-corrected chi connectivity index (χ3v) is 6.81. The lowest BCUT2D eigenvalue weighted by molar-refractivity contribution is -0.140. The van der Waals surface area contributed by atoms with E-state index < -0.39 is 23.4 Å². The van der Waals surface area contributed by atoms with E-state index in [1.165, 1.54) is 18.6 Å². The van der Waals surface area contributed by atoms with Crippen molar-refractivity contribution in [2.75, 3.05) is 12.4 Å². The smallest absolute Gasteiger partial charge is 0.314 e. The molecule has 0 saturated heterocycles. The number of carboxylic acid groups (broad SMARTS) is 1. The molecular weight excluding hydrogens is 494 g/mol. The van der Waals surface area contributed by atoms with Gasteiger partial charge >= 0.3 is 5.97 Å². The van der Waals surface area contributed by atoms with Crippen molar-refractivity contribution >= 4 is 23.2 Å². The highest BCUT2D eigenvalue weighted by Gasteiger charge is 2.51. The zero-order chi connectivity index (χ0) is 26.9. The maximum Gasteiger partial charge on any atom is 0.314 e. The SMILES string of the molecule is CN=C(Nc1cncc(OC2CC(F)(F)C2)n1)C(=CN)c1ccc(-c2ccc(C3(C(=O)O)CC3)cc2)cn1. The largest absolute Gasteiger partial charge is 0.481 e. The van der Waals surface area contributed by atoms with Gasteiger partial charge in [0, 0.05) is 37.8 Å². The first-order chi connectivity index (χ1) is 18.2. The van der Waals surface area contributed by atoms with Crippen molar-refractivity contribution in [2.24, 2.45) is 10.7 Å². The number of ether oxygens (including phenoxy) is 1. The van der Waals surface area contributed by atoms with Crippen LogP contribution in [0.3, 0.4) is 0 Å². The Hall–Kier alpha value is -4.41. The molecule has 2 heterocycles. The number of rotatable bonds is 8. The van der Waals surface area contributed by atoms with E-state index in [9.17, 15) is 18.7 Å². The van der Waals surface area contributed by atoms with Gasteiger partial charge in [-0.05, 0) is 30.0 Å². The number of carbonyl (C=O) groups is 1. The van der Waals surface area contributed by atoms with Gasteiger partial charge in [-0.15, -0.1) is 0 Å². The predicted octanol–water partition coefficient (Wildman–Crippen LogP) is 4.27. The fourth-order valence-electron chi connectivity index (χ4n) is 4.43. The van der Waals surface area contributed by atoms with Crippen molar-refractivity contribution in [3.63, 3.8) is 0 Å². The summed E-state index contributed by atoms with van der Waals surface area (Å²) < 4.78 is 31.7. The fourth-order valence-corrected chi connectivity index (χ4v) is 4.43. The fraction of sp³-hybridized carbons (Fsp3) is 0.296. The number of nitrogens with zero attached hydrogens (tertiary/aromatic N) is 4. The summed E-state index contributed by atoms with van der Waals surface area (Å²) in [6.07, 6.45) is 5.92. The molecule has 0 radical (unpaired) electrons. The summed E-state index contributed by atoms with van der Waals surface area (Å²) in [4.78, 5) is 28.7. The minimum Gasteiger partial charge on any atom is -0.481 e. The molecule has 1 aromatic carbocycles. The zero-order valence-electron chi connectivity index (χ0n) is 20.6. The number of aromatic nitrogens is 3. The normalized spacial score (nSPS) is 18.4. The lowest BCUT2D eigenvalue weighted by Gasteiger charge is -2.34. The lowest BCUT2D eigenvalue weighted by Crippen LogP contribution is -2.43. The topological polar surface area (TPSA) is 136 Å². The predicted molar refractivity (Wildman–Crippen MR) is 138 cm³/mol. The standard InChI is InChI=1S/C27H26F2N6O3/c1-31-24(35-22-14-32-15-23(34-22)38-19-10-27(28,29)11-19)20(12-30)21-7-4-17(13-33-21)16-2-5-18(6-3-16)26(8-9-26)25(36)37/h2-7,12-15,19H,8-11,30H2,1H3,(H,36,37)(H,31,34,35). The first-order valence-electron chi connectivity index (χ1n) is 12.1. The Kier molecular flexibility index (Phi) is 6.52. The van der Waals surface area contributed by atoms with E-state index in [0.29, 0.717) is 35.8 Å². The average Bonchev–Trinajstić information content (AvgIpc) is 3.71. The van der Waals surface area contributed by atoms with Crippen molar-refractivity contribution in [2.45, 2.75) is 43.1 Å². The summed E-state index contributed by atoms with van der Waals surface area (Å²) >= 11 is 0. The quantitative estimate of drug-likeness (QED) is 0.296. The minimum absolute atomic E-state index is 0.133. The van der Waals surface area contributed by atoms with Crippen LogP contribution in [0, 0.1) is 0 Å². The van der Waals surface area contributed by atoms with E-state index in [1.807, 2.05) is 30.3 Å². The summed E-state index contributed by atoms with van der Waals surface area (Å²) in [5.41, 5.74) is 8.82. The number of aliphatic carboxylic acids is 1. The van der Waals surface area contributed by atoms with Crippen LogP contribution in [0.15, 0.2) is 66.2 Å². The molecule has 2 aliphatic rings. The molecule has 0 amide bonds. The number of amidine groups is 1. The number of benzene rings is 1. The number of anilines is 1. The lowest BCUT2D eigenvalue weighted by atomic mass is 9.91. The Morgan fingerprint density at radius 3 is 2.39 bits per heavy atom. The van der Waals surface area contributed by atoms with E-state index in [1.54, 1.807) is 19.3 Å². The van der Waals surface area contributed by atoms with Gasteiger partial charge in [-0.25, -0.2) is 8.78 Å². The van der Waals surface area contributed by atoms with Crippen LogP contribution in [0.5, 0.6) is 5.88 Å². The molecule has 2 fully saturated rings. The number of pyridine rings is 1. The molecule has 0 aliphatic heterocycles. The summed E-state index contributed by atoms with van der Waals surface area (Å²) in [6.45, 7) is 0. The molecule has 2 aromatic heterocycles. The van der Waals surface area contributed by atoms with E-state index >= 15 is 0 Å². The Bertz CT molecular complexity index is 1400. The van der Waals surface area contributed by atoms with Crippen LogP contribution in [-0.4, -0.2) is 50.9 Å². The molecule has 0 atom stereocenters. The summed E-state index contributed by atoms with van der Waals surface area (Å²) in [6, 6.07) is 11.2. The molecule has 0 unspecified atom stereocenters. The molecule has 196 valence electrons. The van der Waals surface area contributed by atoms with Gasteiger partial charge in [0.2, 0.25) is 5.88 Å². The maximum atomic E-state index is 13.1. The van der Waals surface area contributed by atoms with Crippen LogP contribution in [-0.2, 0) is 10.2 Å². The average molecular weight is 521 g/mol. The highest BCUT2D eigenvalue weighted by Crippen LogP contribution is 2.48. The zero-order valence-corrected chi connectivity index (χ0v) is 20.6. The molecule has 9 nitrogen and oxygen atoms in total. The molecule has 3 aromatic rings. The van der Waals surface area contributed by atoms with Gasteiger partial charge in [-0.3, -0.25) is 19.8 Å². The van der Waals surface area contributed by atoms with Crippen molar-refractivity contribution in [3.8, 4) is 17.0 Å². The minimum atomic E-state index is -2.69. The van der Waals surface area contributed by atoms with Crippen molar-refractivity contribution in [1.29, 1.82) is 0 Å². The highest BCUT2D eigenvalue weighted by molar-refractivity contribution is 6.27. The monoisotopic (exact) mass is 520 g/mol. The van der Waals surface area contributed by atoms with E-state index in [2.05, 4.69) is 25.3 Å². The molecule has 2 saturated carbocycles. The molecule has 5 rings (SSSR count). The molecule has 38 heavy (non-hydrogen) atoms. The first kappa shape index (κ1) is 25.2. The summed E-state index contributed by atoms with van der Waals surface area (Å²) in [5.74, 6) is -2.66. The molecule has 2 aliphatic carbocycles. The third-order valence-electron chi connectivity index (χ3n) is 6.81. The van der Waals surface area contributed by atoms with Gasteiger partial charge in [-0.1, -0.05) is 30.3 Å². The van der Waals surface area contributed by atoms with Crippen LogP contribution in [0.2, 0.25) is 0 Å². The maximum absolute atomic E-state index is 13.1.